The van der Waals surface area contributed by atoms with E-state index in [9.17, 15) is 4.79 Å². The summed E-state index contributed by atoms with van der Waals surface area (Å²) in [5.41, 5.74) is 0.780. The van der Waals surface area contributed by atoms with E-state index in [4.69, 9.17) is 28.3 Å². The van der Waals surface area contributed by atoms with E-state index in [1.54, 1.807) is 18.2 Å². The van der Waals surface area contributed by atoms with Gasteiger partial charge in [-0.05, 0) is 31.0 Å². The molecular weight excluding hydrogens is 249 g/mol. The topological polar surface area (TPSA) is 40.5 Å². The van der Waals surface area contributed by atoms with Gasteiger partial charge in [0.05, 0.1) is 0 Å². The van der Waals surface area contributed by atoms with Crippen molar-refractivity contribution in [3.8, 4) is 0 Å². The lowest BCUT2D eigenvalue weighted by molar-refractivity contribution is -0.138. The first-order valence-electron chi connectivity index (χ1n) is 5.03. The number of hydrogen-bond donors (Lipinski definition) is 1. The standard InChI is InChI=1S/C11H11Cl2NO2/c12-7-4-8(13)6-9(5-7)14-3-1-2-10(14)11(15)16/h4-6,10H,1-3H2,(H,15,16)/t10-/m0/s1. The molecule has 0 amide bonds. The van der Waals surface area contributed by atoms with Crippen molar-refractivity contribution in [1.29, 1.82) is 0 Å². The van der Waals surface area contributed by atoms with Gasteiger partial charge in [-0.25, -0.2) is 4.79 Å². The number of carboxylic acids is 1. The number of rotatable bonds is 2. The van der Waals surface area contributed by atoms with Crippen molar-refractivity contribution in [2.24, 2.45) is 0 Å². The number of aliphatic carboxylic acids is 1. The third-order valence-electron chi connectivity index (χ3n) is 2.72. The van der Waals surface area contributed by atoms with Gasteiger partial charge in [-0.2, -0.15) is 0 Å². The van der Waals surface area contributed by atoms with E-state index in [0.29, 0.717) is 16.5 Å². The summed E-state index contributed by atoms with van der Waals surface area (Å²) in [5, 5.41) is 10.1. The lowest BCUT2D eigenvalue weighted by Gasteiger charge is -2.23. The van der Waals surface area contributed by atoms with Crippen LogP contribution in [-0.4, -0.2) is 23.7 Å². The van der Waals surface area contributed by atoms with Gasteiger partial charge in [0.2, 0.25) is 0 Å². The second kappa shape index (κ2) is 4.52. The van der Waals surface area contributed by atoms with Crippen LogP contribution in [0.15, 0.2) is 18.2 Å². The molecule has 0 aromatic heterocycles. The molecular formula is C11H11Cl2NO2. The number of carboxylic acid groups (broad SMARTS) is 1. The van der Waals surface area contributed by atoms with Crippen molar-refractivity contribution in [1.82, 2.24) is 0 Å². The van der Waals surface area contributed by atoms with Crippen LogP contribution in [0.5, 0.6) is 0 Å². The average Bonchev–Trinajstić information content (AvgIpc) is 2.63. The zero-order chi connectivity index (χ0) is 11.7. The molecule has 0 spiro atoms. The minimum absolute atomic E-state index is 0.463. The van der Waals surface area contributed by atoms with Gasteiger partial charge < -0.3 is 10.0 Å². The molecule has 5 heteroatoms. The van der Waals surface area contributed by atoms with Gasteiger partial charge in [0.1, 0.15) is 6.04 Å². The Hall–Kier alpha value is -0.930. The molecule has 2 rings (SSSR count). The van der Waals surface area contributed by atoms with Crippen LogP contribution in [0.3, 0.4) is 0 Å². The van der Waals surface area contributed by atoms with Gasteiger partial charge >= 0.3 is 5.97 Å². The van der Waals surface area contributed by atoms with Crippen LogP contribution >= 0.6 is 23.2 Å². The third-order valence-corrected chi connectivity index (χ3v) is 3.15. The first-order chi connectivity index (χ1) is 7.58. The summed E-state index contributed by atoms with van der Waals surface area (Å²) in [6.07, 6.45) is 1.54. The van der Waals surface area contributed by atoms with Crippen LogP contribution in [0, 0.1) is 0 Å². The Morgan fingerprint density at radius 3 is 2.50 bits per heavy atom. The highest BCUT2D eigenvalue weighted by molar-refractivity contribution is 6.35. The number of nitrogens with zero attached hydrogens (tertiary/aromatic N) is 1. The smallest absolute Gasteiger partial charge is 0.326 e. The first-order valence-corrected chi connectivity index (χ1v) is 5.79. The van der Waals surface area contributed by atoms with Crippen molar-refractivity contribution in [3.63, 3.8) is 0 Å². The molecule has 1 heterocycles. The van der Waals surface area contributed by atoms with E-state index in [1.165, 1.54) is 0 Å². The number of carbonyl (C=O) groups is 1. The van der Waals surface area contributed by atoms with Gasteiger partial charge in [0.15, 0.2) is 0 Å². The minimum atomic E-state index is -0.798. The van der Waals surface area contributed by atoms with E-state index in [-0.39, 0.29) is 0 Å². The fraction of sp³-hybridized carbons (Fsp3) is 0.364. The first kappa shape index (κ1) is 11.6. The molecule has 1 aromatic rings. The summed E-state index contributed by atoms with van der Waals surface area (Å²) in [7, 11) is 0. The molecule has 1 aliphatic rings. The van der Waals surface area contributed by atoms with Crippen LogP contribution < -0.4 is 4.90 Å². The average molecular weight is 260 g/mol. The molecule has 1 atom stereocenters. The molecule has 1 aromatic carbocycles. The number of benzene rings is 1. The highest BCUT2D eigenvalue weighted by atomic mass is 35.5. The van der Waals surface area contributed by atoms with E-state index in [1.807, 2.05) is 4.90 Å². The summed E-state index contributed by atoms with van der Waals surface area (Å²) in [4.78, 5) is 12.9. The Bertz CT molecular complexity index is 402. The third kappa shape index (κ3) is 2.25. The van der Waals surface area contributed by atoms with E-state index < -0.39 is 12.0 Å². The van der Waals surface area contributed by atoms with Gasteiger partial charge in [0.25, 0.3) is 0 Å². The van der Waals surface area contributed by atoms with Crippen molar-refractivity contribution < 1.29 is 9.90 Å². The molecule has 1 aliphatic heterocycles. The van der Waals surface area contributed by atoms with E-state index in [2.05, 4.69) is 0 Å². The molecule has 1 N–H and O–H groups in total. The van der Waals surface area contributed by atoms with Crippen molar-refractivity contribution >= 4 is 34.9 Å². The summed E-state index contributed by atoms with van der Waals surface area (Å²) >= 11 is 11.8. The predicted molar refractivity (Wildman–Crippen MR) is 64.5 cm³/mol. The van der Waals surface area contributed by atoms with Crippen LogP contribution in [0.1, 0.15) is 12.8 Å². The summed E-state index contributed by atoms with van der Waals surface area (Å²) in [5.74, 6) is -0.798. The Morgan fingerprint density at radius 1 is 1.31 bits per heavy atom. The van der Waals surface area contributed by atoms with Gasteiger partial charge in [-0.1, -0.05) is 23.2 Å². The normalized spacial score (nSPS) is 20.1. The quantitative estimate of drug-likeness (QED) is 0.888. The summed E-state index contributed by atoms with van der Waals surface area (Å²) in [6.45, 7) is 0.730. The minimum Gasteiger partial charge on any atom is -0.480 e. The summed E-state index contributed by atoms with van der Waals surface area (Å²) < 4.78 is 0. The van der Waals surface area contributed by atoms with Crippen LogP contribution in [0.25, 0.3) is 0 Å². The van der Waals surface area contributed by atoms with E-state index in [0.717, 1.165) is 18.7 Å². The molecule has 0 bridgehead atoms. The maximum atomic E-state index is 11.0. The van der Waals surface area contributed by atoms with Gasteiger partial charge in [-0.15, -0.1) is 0 Å². The molecule has 3 nitrogen and oxygen atoms in total. The Morgan fingerprint density at radius 2 is 1.94 bits per heavy atom. The fourth-order valence-electron chi connectivity index (χ4n) is 2.04. The lowest BCUT2D eigenvalue weighted by atomic mass is 10.2. The van der Waals surface area contributed by atoms with Gasteiger partial charge in [-0.3, -0.25) is 0 Å². The van der Waals surface area contributed by atoms with Crippen molar-refractivity contribution in [2.45, 2.75) is 18.9 Å². The fourth-order valence-corrected chi connectivity index (χ4v) is 2.55. The van der Waals surface area contributed by atoms with E-state index >= 15 is 0 Å². The summed E-state index contributed by atoms with van der Waals surface area (Å²) in [6, 6.07) is 4.66. The molecule has 86 valence electrons. The SMILES string of the molecule is O=C(O)[C@@H]1CCCN1c1cc(Cl)cc(Cl)c1. The molecule has 16 heavy (non-hydrogen) atoms. The predicted octanol–water partition coefficient (Wildman–Crippen LogP) is 3.05. The Labute approximate surface area is 104 Å². The van der Waals surface area contributed by atoms with Crippen LogP contribution in [0.2, 0.25) is 10.0 Å². The highest BCUT2D eigenvalue weighted by Gasteiger charge is 2.30. The molecule has 0 unspecified atom stereocenters. The zero-order valence-corrected chi connectivity index (χ0v) is 10.0. The maximum absolute atomic E-state index is 11.0. The monoisotopic (exact) mass is 259 g/mol. The van der Waals surface area contributed by atoms with Crippen molar-refractivity contribution in [3.05, 3.63) is 28.2 Å². The highest BCUT2D eigenvalue weighted by Crippen LogP contribution is 2.30. The molecule has 1 fully saturated rings. The number of anilines is 1. The van der Waals surface area contributed by atoms with Crippen LogP contribution in [0.4, 0.5) is 5.69 Å². The lowest BCUT2D eigenvalue weighted by Crippen LogP contribution is -2.35. The molecule has 0 saturated carbocycles. The Kier molecular flexibility index (Phi) is 3.26. The van der Waals surface area contributed by atoms with Crippen molar-refractivity contribution in [2.75, 3.05) is 11.4 Å². The molecule has 0 radical (unpaired) electrons. The largest absolute Gasteiger partial charge is 0.480 e. The second-order valence-corrected chi connectivity index (χ2v) is 4.69. The molecule has 1 saturated heterocycles. The van der Waals surface area contributed by atoms with Crippen LogP contribution in [-0.2, 0) is 4.79 Å². The number of hydrogen-bond acceptors (Lipinski definition) is 2. The Balaban J connectivity index is 2.32. The maximum Gasteiger partial charge on any atom is 0.326 e. The second-order valence-electron chi connectivity index (χ2n) is 3.82. The zero-order valence-electron chi connectivity index (χ0n) is 8.49. The molecule has 0 aliphatic carbocycles. The van der Waals surface area contributed by atoms with Gasteiger partial charge in [0, 0.05) is 22.3 Å². The number of halogens is 2.